The summed E-state index contributed by atoms with van der Waals surface area (Å²) in [5.74, 6) is -0.965. The average Bonchev–Trinajstić information content (AvgIpc) is 2.39. The molecule has 1 amide bonds. The Labute approximate surface area is 95.9 Å². The molecule has 1 aliphatic heterocycles. The predicted molar refractivity (Wildman–Crippen MR) is 55.1 cm³/mol. The molecule has 0 bridgehead atoms. The van der Waals surface area contributed by atoms with Crippen molar-refractivity contribution < 1.29 is 22.0 Å². The number of hydrogen-bond acceptors (Lipinski definition) is 4. The minimum Gasteiger partial charge on any atom is -0.399 e. The van der Waals surface area contributed by atoms with Gasteiger partial charge in [-0.15, -0.1) is 0 Å². The SMILES string of the molecule is Nc1ccc2c(c1)C(=O)N(CC(F)F)S2(=O)=O. The van der Waals surface area contributed by atoms with Crippen LogP contribution in [-0.4, -0.2) is 31.6 Å². The maximum atomic E-state index is 12.2. The van der Waals surface area contributed by atoms with Gasteiger partial charge in [-0.05, 0) is 18.2 Å². The molecule has 1 heterocycles. The number of halogens is 2. The molecule has 0 spiro atoms. The summed E-state index contributed by atoms with van der Waals surface area (Å²) in [6.45, 7) is -1.14. The molecule has 1 aliphatic rings. The number of nitrogens with zero attached hydrogens (tertiary/aromatic N) is 1. The molecule has 5 nitrogen and oxygen atoms in total. The van der Waals surface area contributed by atoms with Crippen LogP contribution in [-0.2, 0) is 10.0 Å². The summed E-state index contributed by atoms with van der Waals surface area (Å²) < 4.78 is 48.2. The Balaban J connectivity index is 2.56. The lowest BCUT2D eigenvalue weighted by Crippen LogP contribution is -2.34. The Hall–Kier alpha value is -1.70. The summed E-state index contributed by atoms with van der Waals surface area (Å²) in [5.41, 5.74) is 5.45. The van der Waals surface area contributed by atoms with E-state index >= 15 is 0 Å². The van der Waals surface area contributed by atoms with Crippen molar-refractivity contribution in [2.75, 3.05) is 12.3 Å². The molecular weight excluding hydrogens is 254 g/mol. The number of nitrogen functional groups attached to an aromatic ring is 1. The van der Waals surface area contributed by atoms with Crippen LogP contribution < -0.4 is 5.73 Å². The number of alkyl halides is 2. The van der Waals surface area contributed by atoms with E-state index in [0.717, 1.165) is 6.07 Å². The molecule has 2 N–H and O–H groups in total. The molecule has 0 radical (unpaired) electrons. The van der Waals surface area contributed by atoms with Gasteiger partial charge < -0.3 is 5.73 Å². The first-order valence-electron chi connectivity index (χ1n) is 4.59. The van der Waals surface area contributed by atoms with Crippen molar-refractivity contribution in [2.45, 2.75) is 11.3 Å². The number of carbonyl (C=O) groups is 1. The first kappa shape index (κ1) is 11.8. The number of hydrogen-bond donors (Lipinski definition) is 1. The van der Waals surface area contributed by atoms with Crippen LogP contribution >= 0.6 is 0 Å². The zero-order chi connectivity index (χ0) is 12.8. The number of fused-ring (bicyclic) bond motifs is 1. The fourth-order valence-electron chi connectivity index (χ4n) is 1.61. The van der Waals surface area contributed by atoms with E-state index in [2.05, 4.69) is 0 Å². The largest absolute Gasteiger partial charge is 0.399 e. The van der Waals surface area contributed by atoms with Gasteiger partial charge in [0, 0.05) is 5.69 Å². The average molecular weight is 262 g/mol. The van der Waals surface area contributed by atoms with Gasteiger partial charge in [0.2, 0.25) is 0 Å². The second kappa shape index (κ2) is 3.66. The Bertz CT molecular complexity index is 586. The molecule has 0 saturated heterocycles. The van der Waals surface area contributed by atoms with Crippen LogP contribution in [0.4, 0.5) is 14.5 Å². The highest BCUT2D eigenvalue weighted by Gasteiger charge is 2.42. The maximum absolute atomic E-state index is 12.2. The number of sulfonamides is 1. The van der Waals surface area contributed by atoms with Crippen molar-refractivity contribution in [2.24, 2.45) is 0 Å². The second-order valence-electron chi connectivity index (χ2n) is 3.49. The highest BCUT2D eigenvalue weighted by Crippen LogP contribution is 2.31. The van der Waals surface area contributed by atoms with E-state index in [0.29, 0.717) is 0 Å². The van der Waals surface area contributed by atoms with Gasteiger partial charge in [0.25, 0.3) is 22.4 Å². The van der Waals surface area contributed by atoms with Gasteiger partial charge in [0.15, 0.2) is 0 Å². The third-order valence-electron chi connectivity index (χ3n) is 2.33. The lowest BCUT2D eigenvalue weighted by atomic mass is 10.2. The van der Waals surface area contributed by atoms with Crippen LogP contribution in [0.25, 0.3) is 0 Å². The molecular formula is C9H8F2N2O3S. The standard InChI is InChI=1S/C9H8F2N2O3S/c10-8(11)4-13-9(14)6-3-5(12)1-2-7(6)17(13,15)16/h1-3,8H,4,12H2. The van der Waals surface area contributed by atoms with E-state index in [4.69, 9.17) is 5.73 Å². The fraction of sp³-hybridized carbons (Fsp3) is 0.222. The number of amides is 1. The monoisotopic (exact) mass is 262 g/mol. The molecule has 1 aromatic rings. The molecule has 92 valence electrons. The molecule has 1 aromatic carbocycles. The third-order valence-corrected chi connectivity index (χ3v) is 4.14. The van der Waals surface area contributed by atoms with Gasteiger partial charge in [-0.3, -0.25) is 4.79 Å². The summed E-state index contributed by atoms with van der Waals surface area (Å²) in [6.07, 6.45) is -2.92. The summed E-state index contributed by atoms with van der Waals surface area (Å²) in [6, 6.07) is 3.61. The van der Waals surface area contributed by atoms with E-state index < -0.39 is 28.9 Å². The lowest BCUT2D eigenvalue weighted by Gasteiger charge is -2.13. The molecule has 0 aliphatic carbocycles. The Kier molecular flexibility index (Phi) is 2.53. The van der Waals surface area contributed by atoms with E-state index in [1.54, 1.807) is 0 Å². The lowest BCUT2D eigenvalue weighted by molar-refractivity contribution is 0.0746. The van der Waals surface area contributed by atoms with Crippen LogP contribution in [0, 0.1) is 0 Å². The Morgan fingerprint density at radius 2 is 2.00 bits per heavy atom. The van der Waals surface area contributed by atoms with Crippen molar-refractivity contribution >= 4 is 21.6 Å². The molecule has 0 atom stereocenters. The molecule has 0 saturated carbocycles. The summed E-state index contributed by atoms with van der Waals surface area (Å²) in [4.78, 5) is 11.4. The van der Waals surface area contributed by atoms with Crippen LogP contribution in [0.1, 0.15) is 10.4 Å². The molecule has 17 heavy (non-hydrogen) atoms. The zero-order valence-corrected chi connectivity index (χ0v) is 9.25. The van der Waals surface area contributed by atoms with Gasteiger partial charge in [0.1, 0.15) is 4.90 Å². The van der Waals surface area contributed by atoms with Crippen molar-refractivity contribution in [3.05, 3.63) is 23.8 Å². The van der Waals surface area contributed by atoms with Gasteiger partial charge >= 0.3 is 0 Å². The summed E-state index contributed by atoms with van der Waals surface area (Å²) in [5, 5.41) is 0. The first-order valence-corrected chi connectivity index (χ1v) is 6.03. The van der Waals surface area contributed by atoms with Crippen LogP contribution in [0.5, 0.6) is 0 Å². The van der Waals surface area contributed by atoms with Crippen LogP contribution in [0.2, 0.25) is 0 Å². The third kappa shape index (κ3) is 1.74. The van der Waals surface area contributed by atoms with Crippen LogP contribution in [0.15, 0.2) is 23.1 Å². The Morgan fingerprint density at radius 1 is 1.35 bits per heavy atom. The van der Waals surface area contributed by atoms with E-state index in [9.17, 15) is 22.0 Å². The van der Waals surface area contributed by atoms with E-state index in [1.807, 2.05) is 0 Å². The van der Waals surface area contributed by atoms with E-state index in [-0.39, 0.29) is 20.5 Å². The molecule has 8 heteroatoms. The first-order chi connectivity index (χ1) is 7.84. The Morgan fingerprint density at radius 3 is 2.59 bits per heavy atom. The quantitative estimate of drug-likeness (QED) is 0.795. The fourth-order valence-corrected chi connectivity index (χ4v) is 3.14. The highest BCUT2D eigenvalue weighted by atomic mass is 32.2. The number of nitrogens with two attached hydrogens (primary N) is 1. The van der Waals surface area contributed by atoms with Crippen molar-refractivity contribution in [1.29, 1.82) is 0 Å². The molecule has 0 unspecified atom stereocenters. The maximum Gasteiger partial charge on any atom is 0.269 e. The van der Waals surface area contributed by atoms with Crippen LogP contribution in [0.3, 0.4) is 0 Å². The molecule has 0 aromatic heterocycles. The molecule has 0 fully saturated rings. The van der Waals surface area contributed by atoms with Crippen molar-refractivity contribution in [3.63, 3.8) is 0 Å². The highest BCUT2D eigenvalue weighted by molar-refractivity contribution is 7.90. The number of benzene rings is 1. The van der Waals surface area contributed by atoms with Crippen molar-refractivity contribution in [3.8, 4) is 0 Å². The minimum absolute atomic E-state index is 0.161. The topological polar surface area (TPSA) is 80.5 Å². The summed E-state index contributed by atoms with van der Waals surface area (Å²) in [7, 11) is -4.16. The van der Waals surface area contributed by atoms with Gasteiger partial charge in [-0.1, -0.05) is 0 Å². The number of carbonyl (C=O) groups excluding carboxylic acids is 1. The van der Waals surface area contributed by atoms with Gasteiger partial charge in [-0.2, -0.15) is 0 Å². The summed E-state index contributed by atoms with van der Waals surface area (Å²) >= 11 is 0. The van der Waals surface area contributed by atoms with Crippen molar-refractivity contribution in [1.82, 2.24) is 4.31 Å². The molecule has 2 rings (SSSR count). The predicted octanol–water partition coefficient (Wildman–Crippen LogP) is 0.678. The minimum atomic E-state index is -4.16. The smallest absolute Gasteiger partial charge is 0.269 e. The normalized spacial score (nSPS) is 17.6. The zero-order valence-electron chi connectivity index (χ0n) is 8.43. The van der Waals surface area contributed by atoms with Gasteiger partial charge in [-0.25, -0.2) is 21.5 Å². The van der Waals surface area contributed by atoms with E-state index in [1.165, 1.54) is 12.1 Å². The second-order valence-corrected chi connectivity index (χ2v) is 5.32. The number of rotatable bonds is 2. The van der Waals surface area contributed by atoms with Gasteiger partial charge in [0.05, 0.1) is 12.1 Å². The number of anilines is 1.